The molecule has 0 aromatic rings. The van der Waals surface area contributed by atoms with Crippen molar-refractivity contribution in [3.05, 3.63) is 0 Å². The predicted octanol–water partition coefficient (Wildman–Crippen LogP) is 1.55. The lowest BCUT2D eigenvalue weighted by atomic mass is 10.1. The van der Waals surface area contributed by atoms with Crippen molar-refractivity contribution in [2.75, 3.05) is 25.5 Å². The molecule has 2 aliphatic rings. The van der Waals surface area contributed by atoms with Gasteiger partial charge in [0, 0.05) is 30.5 Å². The normalized spacial score (nSPS) is 28.5. The number of amides is 1. The maximum atomic E-state index is 11.9. The van der Waals surface area contributed by atoms with Gasteiger partial charge in [-0.3, -0.25) is 4.79 Å². The molecule has 2 N–H and O–H groups in total. The number of nitrogens with one attached hydrogen (secondary N) is 2. The third-order valence-electron chi connectivity index (χ3n) is 3.92. The first-order chi connectivity index (χ1) is 9.28. The Kier molecular flexibility index (Phi) is 6.47. The van der Waals surface area contributed by atoms with Gasteiger partial charge in [-0.2, -0.15) is 11.8 Å². The third-order valence-corrected chi connectivity index (χ3v) is 5.16. The van der Waals surface area contributed by atoms with Gasteiger partial charge < -0.3 is 15.4 Å². The average Bonchev–Trinajstić information content (AvgIpc) is 2.86. The summed E-state index contributed by atoms with van der Waals surface area (Å²) in [6.07, 6.45) is 5.61. The molecule has 1 heterocycles. The van der Waals surface area contributed by atoms with E-state index in [4.69, 9.17) is 4.74 Å². The summed E-state index contributed by atoms with van der Waals surface area (Å²) in [6.45, 7) is 4.23. The number of carbonyl (C=O) groups excluding carboxylic acids is 1. The fourth-order valence-electron chi connectivity index (χ4n) is 2.87. The van der Waals surface area contributed by atoms with E-state index in [-0.39, 0.29) is 5.91 Å². The lowest BCUT2D eigenvalue weighted by Crippen LogP contribution is -2.44. The summed E-state index contributed by atoms with van der Waals surface area (Å²) in [6, 6.07) is 0.847. The molecule has 1 saturated carbocycles. The van der Waals surface area contributed by atoms with Gasteiger partial charge in [0.1, 0.15) is 0 Å². The van der Waals surface area contributed by atoms with Crippen LogP contribution in [-0.2, 0) is 9.53 Å². The van der Waals surface area contributed by atoms with Gasteiger partial charge >= 0.3 is 0 Å². The molecule has 19 heavy (non-hydrogen) atoms. The Labute approximate surface area is 120 Å². The van der Waals surface area contributed by atoms with Gasteiger partial charge in [0.25, 0.3) is 0 Å². The van der Waals surface area contributed by atoms with Crippen LogP contribution >= 0.6 is 11.8 Å². The molecule has 1 amide bonds. The molecule has 0 aromatic heterocycles. The van der Waals surface area contributed by atoms with Gasteiger partial charge in [-0.1, -0.05) is 6.92 Å². The van der Waals surface area contributed by atoms with E-state index in [0.29, 0.717) is 18.6 Å². The van der Waals surface area contributed by atoms with Crippen LogP contribution in [0.25, 0.3) is 0 Å². The Morgan fingerprint density at radius 1 is 1.21 bits per heavy atom. The zero-order valence-corrected chi connectivity index (χ0v) is 12.6. The number of carbonyl (C=O) groups is 1. The zero-order chi connectivity index (χ0) is 13.5. The molecule has 110 valence electrons. The topological polar surface area (TPSA) is 50.4 Å². The number of hydrogen-bond donors (Lipinski definition) is 2. The highest BCUT2D eigenvalue weighted by atomic mass is 32.2. The summed E-state index contributed by atoms with van der Waals surface area (Å²) in [5.41, 5.74) is 0. The van der Waals surface area contributed by atoms with Crippen molar-refractivity contribution in [2.24, 2.45) is 0 Å². The van der Waals surface area contributed by atoms with Crippen LogP contribution in [0, 0.1) is 0 Å². The summed E-state index contributed by atoms with van der Waals surface area (Å²) >= 11 is 2.05. The Hall–Kier alpha value is -0.260. The van der Waals surface area contributed by atoms with Crippen LogP contribution in [-0.4, -0.2) is 48.8 Å². The molecule has 0 spiro atoms. The van der Waals surface area contributed by atoms with E-state index in [9.17, 15) is 4.79 Å². The Balaban J connectivity index is 1.58. The largest absolute Gasteiger partial charge is 0.381 e. The third kappa shape index (κ3) is 5.32. The second-order valence-electron chi connectivity index (χ2n) is 5.42. The van der Waals surface area contributed by atoms with Crippen molar-refractivity contribution in [1.82, 2.24) is 10.6 Å². The zero-order valence-electron chi connectivity index (χ0n) is 11.8. The minimum atomic E-state index is 0.137. The quantitative estimate of drug-likeness (QED) is 0.778. The molecule has 2 rings (SSSR count). The Morgan fingerprint density at radius 2 is 2.00 bits per heavy atom. The van der Waals surface area contributed by atoms with Crippen LogP contribution in [0.3, 0.4) is 0 Å². The lowest BCUT2D eigenvalue weighted by Gasteiger charge is -2.23. The molecule has 2 atom stereocenters. The first-order valence-corrected chi connectivity index (χ1v) is 8.55. The van der Waals surface area contributed by atoms with E-state index < -0.39 is 0 Å². The number of hydrogen-bond acceptors (Lipinski definition) is 4. The van der Waals surface area contributed by atoms with Crippen LogP contribution < -0.4 is 10.6 Å². The van der Waals surface area contributed by atoms with E-state index in [1.807, 2.05) is 0 Å². The van der Waals surface area contributed by atoms with Crippen molar-refractivity contribution in [2.45, 2.75) is 56.4 Å². The highest BCUT2D eigenvalue weighted by molar-refractivity contribution is 7.99. The van der Waals surface area contributed by atoms with E-state index in [0.717, 1.165) is 31.3 Å². The first kappa shape index (κ1) is 15.1. The first-order valence-electron chi connectivity index (χ1n) is 7.50. The molecule has 0 radical (unpaired) electrons. The standard InChI is InChI=1S/C14H26N2O2S/c1-2-19-13-4-3-12(9-13)15-10-14(17)16-11-5-7-18-8-6-11/h11-13,15H,2-10H2,1H3,(H,16,17). The van der Waals surface area contributed by atoms with Gasteiger partial charge in [0.2, 0.25) is 5.91 Å². The van der Waals surface area contributed by atoms with Gasteiger partial charge in [-0.15, -0.1) is 0 Å². The SMILES string of the molecule is CCSC1CCC(NCC(=O)NC2CCOCC2)C1. The van der Waals surface area contributed by atoms with Gasteiger partial charge in [-0.25, -0.2) is 0 Å². The maximum Gasteiger partial charge on any atom is 0.234 e. The second kappa shape index (κ2) is 8.12. The molecule has 0 aromatic carbocycles. The van der Waals surface area contributed by atoms with Gasteiger partial charge in [0.15, 0.2) is 0 Å². The predicted molar refractivity (Wildman–Crippen MR) is 79.5 cm³/mol. The minimum absolute atomic E-state index is 0.137. The second-order valence-corrected chi connectivity index (χ2v) is 7.00. The van der Waals surface area contributed by atoms with E-state index in [1.165, 1.54) is 25.0 Å². The highest BCUT2D eigenvalue weighted by Gasteiger charge is 2.24. The lowest BCUT2D eigenvalue weighted by molar-refractivity contribution is -0.121. The Bertz CT molecular complexity index is 283. The maximum absolute atomic E-state index is 11.9. The van der Waals surface area contributed by atoms with Crippen LogP contribution in [0.5, 0.6) is 0 Å². The summed E-state index contributed by atoms with van der Waals surface area (Å²) in [5, 5.41) is 7.29. The molecule has 1 aliphatic carbocycles. The molecule has 1 aliphatic heterocycles. The van der Waals surface area contributed by atoms with Gasteiger partial charge in [-0.05, 0) is 37.9 Å². The molecular formula is C14H26N2O2S. The summed E-state index contributed by atoms with van der Waals surface area (Å²) in [4.78, 5) is 11.9. The van der Waals surface area contributed by atoms with Crippen LogP contribution in [0.1, 0.15) is 39.0 Å². The van der Waals surface area contributed by atoms with Crippen LogP contribution in [0.2, 0.25) is 0 Å². The van der Waals surface area contributed by atoms with E-state index in [1.54, 1.807) is 0 Å². The fourth-order valence-corrected chi connectivity index (χ4v) is 4.01. The summed E-state index contributed by atoms with van der Waals surface area (Å²) < 4.78 is 5.29. The summed E-state index contributed by atoms with van der Waals surface area (Å²) in [5.74, 6) is 1.33. The smallest absolute Gasteiger partial charge is 0.234 e. The molecule has 5 heteroatoms. The monoisotopic (exact) mass is 286 g/mol. The molecule has 0 bridgehead atoms. The molecule has 1 saturated heterocycles. The van der Waals surface area contributed by atoms with E-state index in [2.05, 4.69) is 29.3 Å². The fraction of sp³-hybridized carbons (Fsp3) is 0.929. The molecule has 2 unspecified atom stereocenters. The number of rotatable bonds is 6. The molecule has 2 fully saturated rings. The average molecular weight is 286 g/mol. The number of thioether (sulfide) groups is 1. The van der Waals surface area contributed by atoms with Crippen LogP contribution in [0.15, 0.2) is 0 Å². The summed E-state index contributed by atoms with van der Waals surface area (Å²) in [7, 11) is 0. The van der Waals surface area contributed by atoms with Crippen molar-refractivity contribution >= 4 is 17.7 Å². The van der Waals surface area contributed by atoms with Crippen LogP contribution in [0.4, 0.5) is 0 Å². The minimum Gasteiger partial charge on any atom is -0.381 e. The molecular weight excluding hydrogens is 260 g/mol. The van der Waals surface area contributed by atoms with Gasteiger partial charge in [0.05, 0.1) is 6.54 Å². The van der Waals surface area contributed by atoms with Crippen molar-refractivity contribution in [3.8, 4) is 0 Å². The number of ether oxygens (including phenoxy) is 1. The Morgan fingerprint density at radius 3 is 2.74 bits per heavy atom. The van der Waals surface area contributed by atoms with Crippen molar-refractivity contribution < 1.29 is 9.53 Å². The molecule has 4 nitrogen and oxygen atoms in total. The van der Waals surface area contributed by atoms with E-state index >= 15 is 0 Å². The highest BCUT2D eigenvalue weighted by Crippen LogP contribution is 2.29. The van der Waals surface area contributed by atoms with Crippen molar-refractivity contribution in [3.63, 3.8) is 0 Å². The van der Waals surface area contributed by atoms with Crippen molar-refractivity contribution in [1.29, 1.82) is 0 Å².